The van der Waals surface area contributed by atoms with Gasteiger partial charge in [0.25, 0.3) is 0 Å². The molecular weight excluding hydrogens is 206 g/mol. The summed E-state index contributed by atoms with van der Waals surface area (Å²) in [7, 11) is 1.29. The minimum Gasteiger partial charge on any atom is -0.469 e. The molecule has 0 aliphatic carbocycles. The SMILES string of the molecule is C#C[C@@H](CC(=O)OC)NC(=O)C(C)CCC. The molecule has 1 N–H and O–H groups in total. The molecule has 0 aromatic carbocycles. The Kier molecular flexibility index (Phi) is 7.02. The molecule has 2 atom stereocenters. The molecule has 0 saturated carbocycles. The number of hydrogen-bond donors (Lipinski definition) is 1. The fraction of sp³-hybridized carbons (Fsp3) is 0.667. The lowest BCUT2D eigenvalue weighted by Crippen LogP contribution is -2.38. The van der Waals surface area contributed by atoms with E-state index < -0.39 is 12.0 Å². The molecule has 0 aliphatic heterocycles. The van der Waals surface area contributed by atoms with Crippen LogP contribution in [0.25, 0.3) is 0 Å². The average Bonchev–Trinajstić information content (AvgIpc) is 2.27. The Morgan fingerprint density at radius 2 is 2.12 bits per heavy atom. The summed E-state index contributed by atoms with van der Waals surface area (Å²) in [6.07, 6.45) is 6.98. The molecule has 0 rings (SSSR count). The smallest absolute Gasteiger partial charge is 0.308 e. The molecule has 0 fully saturated rings. The third-order valence-corrected chi connectivity index (χ3v) is 2.29. The lowest BCUT2D eigenvalue weighted by atomic mass is 10.0. The van der Waals surface area contributed by atoms with Crippen molar-refractivity contribution in [3.63, 3.8) is 0 Å². The average molecular weight is 225 g/mol. The van der Waals surface area contributed by atoms with Gasteiger partial charge in [0.1, 0.15) is 6.04 Å². The summed E-state index contributed by atoms with van der Waals surface area (Å²) < 4.78 is 4.49. The summed E-state index contributed by atoms with van der Waals surface area (Å²) in [5, 5.41) is 2.64. The molecule has 0 heterocycles. The molecule has 0 aliphatic rings. The van der Waals surface area contributed by atoms with Gasteiger partial charge in [0.05, 0.1) is 13.5 Å². The summed E-state index contributed by atoms with van der Waals surface area (Å²) in [6.45, 7) is 3.85. The second-order valence-corrected chi connectivity index (χ2v) is 3.70. The van der Waals surface area contributed by atoms with Gasteiger partial charge in [-0.25, -0.2) is 0 Å². The van der Waals surface area contributed by atoms with Crippen LogP contribution in [-0.2, 0) is 14.3 Å². The van der Waals surface area contributed by atoms with Crippen molar-refractivity contribution in [1.29, 1.82) is 0 Å². The van der Waals surface area contributed by atoms with Gasteiger partial charge in [-0.05, 0) is 6.42 Å². The lowest BCUT2D eigenvalue weighted by Gasteiger charge is -2.15. The van der Waals surface area contributed by atoms with Gasteiger partial charge in [-0.1, -0.05) is 26.2 Å². The Morgan fingerprint density at radius 3 is 2.56 bits per heavy atom. The Hall–Kier alpha value is -1.50. The Bertz CT molecular complexity index is 280. The predicted molar refractivity (Wildman–Crippen MR) is 61.5 cm³/mol. The van der Waals surface area contributed by atoms with Gasteiger partial charge in [-0.2, -0.15) is 0 Å². The number of nitrogens with one attached hydrogen (secondary N) is 1. The third-order valence-electron chi connectivity index (χ3n) is 2.29. The molecule has 16 heavy (non-hydrogen) atoms. The summed E-state index contributed by atoms with van der Waals surface area (Å²) in [6, 6.07) is -0.584. The number of carbonyl (C=O) groups is 2. The first-order chi connectivity index (χ1) is 7.54. The van der Waals surface area contributed by atoms with Gasteiger partial charge >= 0.3 is 5.97 Å². The molecule has 0 aromatic heterocycles. The van der Waals surface area contributed by atoms with Crippen LogP contribution in [0.15, 0.2) is 0 Å². The van der Waals surface area contributed by atoms with Crippen molar-refractivity contribution in [3.8, 4) is 12.3 Å². The van der Waals surface area contributed by atoms with Crippen molar-refractivity contribution in [3.05, 3.63) is 0 Å². The van der Waals surface area contributed by atoms with Crippen LogP contribution in [-0.4, -0.2) is 25.0 Å². The molecule has 1 unspecified atom stereocenters. The Morgan fingerprint density at radius 1 is 1.50 bits per heavy atom. The van der Waals surface area contributed by atoms with E-state index in [1.165, 1.54) is 7.11 Å². The van der Waals surface area contributed by atoms with Crippen molar-refractivity contribution in [2.24, 2.45) is 5.92 Å². The largest absolute Gasteiger partial charge is 0.469 e. The van der Waals surface area contributed by atoms with E-state index in [0.29, 0.717) is 0 Å². The van der Waals surface area contributed by atoms with Gasteiger partial charge in [-0.3, -0.25) is 9.59 Å². The monoisotopic (exact) mass is 225 g/mol. The van der Waals surface area contributed by atoms with E-state index in [4.69, 9.17) is 6.42 Å². The van der Waals surface area contributed by atoms with E-state index in [2.05, 4.69) is 16.0 Å². The third kappa shape index (κ3) is 5.40. The van der Waals surface area contributed by atoms with E-state index in [1.54, 1.807) is 0 Å². The topological polar surface area (TPSA) is 55.4 Å². The van der Waals surface area contributed by atoms with E-state index in [1.807, 2.05) is 13.8 Å². The lowest BCUT2D eigenvalue weighted by molar-refractivity contribution is -0.141. The quantitative estimate of drug-likeness (QED) is 0.544. The number of ether oxygens (including phenoxy) is 1. The highest BCUT2D eigenvalue weighted by atomic mass is 16.5. The molecule has 0 radical (unpaired) electrons. The van der Waals surface area contributed by atoms with Gasteiger partial charge in [-0.15, -0.1) is 6.42 Å². The number of methoxy groups -OCH3 is 1. The summed E-state index contributed by atoms with van der Waals surface area (Å²) in [4.78, 5) is 22.6. The van der Waals surface area contributed by atoms with Gasteiger partial charge in [0.2, 0.25) is 5.91 Å². The highest BCUT2D eigenvalue weighted by Crippen LogP contribution is 2.05. The first kappa shape index (κ1) is 14.5. The minimum atomic E-state index is -0.584. The second kappa shape index (κ2) is 7.75. The first-order valence-electron chi connectivity index (χ1n) is 5.38. The number of amides is 1. The van der Waals surface area contributed by atoms with Crippen LogP contribution >= 0.6 is 0 Å². The van der Waals surface area contributed by atoms with Crippen molar-refractivity contribution < 1.29 is 14.3 Å². The zero-order valence-corrected chi connectivity index (χ0v) is 10.1. The van der Waals surface area contributed by atoms with Gasteiger partial charge in [0.15, 0.2) is 0 Å². The molecular formula is C12H19NO3. The van der Waals surface area contributed by atoms with Crippen molar-refractivity contribution in [2.45, 2.75) is 39.2 Å². The Balaban J connectivity index is 4.17. The van der Waals surface area contributed by atoms with Crippen LogP contribution in [0.5, 0.6) is 0 Å². The van der Waals surface area contributed by atoms with Crippen LogP contribution < -0.4 is 5.32 Å². The van der Waals surface area contributed by atoms with E-state index in [-0.39, 0.29) is 18.2 Å². The summed E-state index contributed by atoms with van der Waals surface area (Å²) in [5.74, 6) is 1.74. The minimum absolute atomic E-state index is 0.0115. The predicted octanol–water partition coefficient (Wildman–Crippen LogP) is 1.10. The maximum atomic E-state index is 11.6. The van der Waals surface area contributed by atoms with Gasteiger partial charge in [0, 0.05) is 5.92 Å². The molecule has 4 nitrogen and oxygen atoms in total. The molecule has 0 bridgehead atoms. The molecule has 0 aromatic rings. The molecule has 0 saturated heterocycles. The number of terminal acetylenes is 1. The van der Waals surface area contributed by atoms with Crippen LogP contribution in [0.2, 0.25) is 0 Å². The standard InChI is InChI=1S/C12H19NO3/c1-5-7-9(3)12(15)13-10(6-2)8-11(14)16-4/h2,9-10H,5,7-8H2,1,3-4H3,(H,13,15)/t9?,10-/m0/s1. The number of hydrogen-bond acceptors (Lipinski definition) is 3. The van der Waals surface area contributed by atoms with Crippen LogP contribution in [0.3, 0.4) is 0 Å². The van der Waals surface area contributed by atoms with Crippen molar-refractivity contribution in [2.75, 3.05) is 7.11 Å². The van der Waals surface area contributed by atoms with E-state index in [9.17, 15) is 9.59 Å². The zero-order valence-electron chi connectivity index (χ0n) is 10.1. The highest BCUT2D eigenvalue weighted by Gasteiger charge is 2.18. The summed E-state index contributed by atoms with van der Waals surface area (Å²) in [5.41, 5.74) is 0. The highest BCUT2D eigenvalue weighted by molar-refractivity contribution is 5.80. The Labute approximate surface area is 96.7 Å². The van der Waals surface area contributed by atoms with Gasteiger partial charge < -0.3 is 10.1 Å². The molecule has 4 heteroatoms. The van der Waals surface area contributed by atoms with Crippen LogP contribution in [0, 0.1) is 18.3 Å². The van der Waals surface area contributed by atoms with Crippen LogP contribution in [0.1, 0.15) is 33.1 Å². The zero-order chi connectivity index (χ0) is 12.6. The van der Waals surface area contributed by atoms with Crippen LogP contribution in [0.4, 0.5) is 0 Å². The summed E-state index contributed by atoms with van der Waals surface area (Å²) >= 11 is 0. The van der Waals surface area contributed by atoms with E-state index >= 15 is 0 Å². The number of rotatable bonds is 6. The normalized spacial score (nSPS) is 13.4. The fourth-order valence-corrected chi connectivity index (χ4v) is 1.28. The molecule has 1 amide bonds. The van der Waals surface area contributed by atoms with Crippen molar-refractivity contribution in [1.82, 2.24) is 5.32 Å². The maximum Gasteiger partial charge on any atom is 0.308 e. The number of carbonyl (C=O) groups excluding carboxylic acids is 2. The van der Waals surface area contributed by atoms with Crippen molar-refractivity contribution >= 4 is 11.9 Å². The first-order valence-corrected chi connectivity index (χ1v) is 5.38. The second-order valence-electron chi connectivity index (χ2n) is 3.70. The maximum absolute atomic E-state index is 11.6. The molecule has 90 valence electrons. The fourth-order valence-electron chi connectivity index (χ4n) is 1.28. The molecule has 0 spiro atoms. The number of esters is 1. The van der Waals surface area contributed by atoms with E-state index in [0.717, 1.165) is 12.8 Å².